The molecule has 0 aliphatic heterocycles. The second kappa shape index (κ2) is 7.17. The van der Waals surface area contributed by atoms with Crippen molar-refractivity contribution in [2.24, 2.45) is 0 Å². The Morgan fingerprint density at radius 1 is 1.36 bits per heavy atom. The Labute approximate surface area is 88.6 Å². The topological polar surface area (TPSA) is 47.6 Å². The van der Waals surface area contributed by atoms with Crippen LogP contribution in [-0.2, 0) is 16.2 Å². The first-order chi connectivity index (χ1) is 6.33. The number of ether oxygens (including phenoxy) is 1. The van der Waals surface area contributed by atoms with E-state index in [-0.39, 0.29) is 19.0 Å². The van der Waals surface area contributed by atoms with E-state index in [1.807, 2.05) is 30.3 Å². The summed E-state index contributed by atoms with van der Waals surface area (Å²) in [7, 11) is 1.49. The van der Waals surface area contributed by atoms with E-state index < -0.39 is 6.16 Å². The predicted molar refractivity (Wildman–Crippen MR) is 54.0 cm³/mol. The lowest BCUT2D eigenvalue weighted by Gasteiger charge is -2.03. The van der Waals surface area contributed by atoms with Crippen molar-refractivity contribution < 1.29 is 14.4 Å². The van der Waals surface area contributed by atoms with Crippen LogP contribution in [0, 0.1) is 0 Å². The second-order valence-corrected chi connectivity index (χ2v) is 2.33. The Kier molecular flexibility index (Phi) is 6.53. The van der Waals surface area contributed by atoms with Gasteiger partial charge < -0.3 is 9.57 Å². The Balaban J connectivity index is 0.00000169. The average Bonchev–Trinajstić information content (AvgIpc) is 2.17. The standard InChI is InChI=1S/C9H11NO3.ClH/c1-10-13-9(11)12-7-8-5-3-2-4-6-8;/h2-6,10H,7H2,1H3;1H. The van der Waals surface area contributed by atoms with Crippen molar-refractivity contribution in [1.82, 2.24) is 5.48 Å². The lowest BCUT2D eigenvalue weighted by atomic mass is 10.2. The molecule has 0 aliphatic rings. The van der Waals surface area contributed by atoms with Gasteiger partial charge in [0.2, 0.25) is 0 Å². The first kappa shape index (κ1) is 12.7. The number of carbonyl (C=O) groups is 1. The molecule has 1 aromatic carbocycles. The minimum atomic E-state index is -0.730. The maximum atomic E-state index is 10.7. The van der Waals surface area contributed by atoms with Gasteiger partial charge in [-0.25, -0.2) is 4.79 Å². The van der Waals surface area contributed by atoms with Crippen LogP contribution >= 0.6 is 12.4 Å². The third kappa shape index (κ3) is 4.69. The molecule has 1 rings (SSSR count). The number of hydrogen-bond acceptors (Lipinski definition) is 4. The van der Waals surface area contributed by atoms with E-state index in [2.05, 4.69) is 10.3 Å². The van der Waals surface area contributed by atoms with Gasteiger partial charge in [-0.2, -0.15) is 5.48 Å². The third-order valence-corrected chi connectivity index (χ3v) is 1.38. The summed E-state index contributed by atoms with van der Waals surface area (Å²) in [5.74, 6) is 0. The molecule has 0 saturated heterocycles. The summed E-state index contributed by atoms with van der Waals surface area (Å²) in [6.45, 7) is 0.224. The van der Waals surface area contributed by atoms with E-state index in [0.717, 1.165) is 5.56 Å². The lowest BCUT2D eigenvalue weighted by Crippen LogP contribution is -2.16. The highest BCUT2D eigenvalue weighted by Gasteiger charge is 2.01. The van der Waals surface area contributed by atoms with Crippen LogP contribution in [0.5, 0.6) is 0 Å². The SMILES string of the molecule is CNOC(=O)OCc1ccccc1.Cl. The van der Waals surface area contributed by atoms with E-state index in [9.17, 15) is 4.79 Å². The van der Waals surface area contributed by atoms with Gasteiger partial charge in [0.05, 0.1) is 0 Å². The minimum absolute atomic E-state index is 0. The van der Waals surface area contributed by atoms with Gasteiger partial charge in [0.25, 0.3) is 0 Å². The maximum Gasteiger partial charge on any atom is 0.528 e. The highest BCUT2D eigenvalue weighted by Crippen LogP contribution is 2.00. The number of benzene rings is 1. The van der Waals surface area contributed by atoms with Gasteiger partial charge >= 0.3 is 6.16 Å². The van der Waals surface area contributed by atoms with Crippen molar-refractivity contribution in [3.05, 3.63) is 35.9 Å². The minimum Gasteiger partial charge on any atom is -0.428 e. The number of nitrogens with one attached hydrogen (secondary N) is 1. The van der Waals surface area contributed by atoms with Crippen LogP contribution in [0.3, 0.4) is 0 Å². The van der Waals surface area contributed by atoms with E-state index in [1.165, 1.54) is 7.05 Å². The number of rotatable bonds is 3. The van der Waals surface area contributed by atoms with E-state index in [1.54, 1.807) is 0 Å². The van der Waals surface area contributed by atoms with Crippen LogP contribution in [-0.4, -0.2) is 13.2 Å². The summed E-state index contributed by atoms with van der Waals surface area (Å²) >= 11 is 0. The number of halogens is 1. The van der Waals surface area contributed by atoms with Crippen molar-refractivity contribution in [3.8, 4) is 0 Å². The third-order valence-electron chi connectivity index (χ3n) is 1.38. The smallest absolute Gasteiger partial charge is 0.428 e. The largest absolute Gasteiger partial charge is 0.528 e. The molecule has 0 aromatic heterocycles. The van der Waals surface area contributed by atoms with Gasteiger partial charge in [-0.1, -0.05) is 30.3 Å². The molecular formula is C9H12ClNO3. The zero-order chi connectivity index (χ0) is 9.52. The van der Waals surface area contributed by atoms with E-state index in [4.69, 9.17) is 4.74 Å². The number of carbonyl (C=O) groups excluding carboxylic acids is 1. The lowest BCUT2D eigenvalue weighted by molar-refractivity contribution is 0.0198. The number of hydrogen-bond donors (Lipinski definition) is 1. The fourth-order valence-electron chi connectivity index (χ4n) is 0.829. The Morgan fingerprint density at radius 3 is 2.57 bits per heavy atom. The molecule has 0 fully saturated rings. The molecule has 5 heteroatoms. The highest BCUT2D eigenvalue weighted by atomic mass is 35.5. The maximum absolute atomic E-state index is 10.7. The molecule has 0 amide bonds. The van der Waals surface area contributed by atoms with Gasteiger partial charge in [0.1, 0.15) is 6.61 Å². The van der Waals surface area contributed by atoms with Crippen LogP contribution in [0.15, 0.2) is 30.3 Å². The molecule has 0 radical (unpaired) electrons. The molecule has 0 atom stereocenters. The van der Waals surface area contributed by atoms with Gasteiger partial charge in [0, 0.05) is 7.05 Å². The predicted octanol–water partition coefficient (Wildman–Crippen LogP) is 1.90. The summed E-state index contributed by atoms with van der Waals surface area (Å²) in [4.78, 5) is 15.1. The van der Waals surface area contributed by atoms with Crippen LogP contribution in [0.25, 0.3) is 0 Å². The first-order valence-corrected chi connectivity index (χ1v) is 3.87. The molecule has 0 heterocycles. The summed E-state index contributed by atoms with van der Waals surface area (Å²) in [6.07, 6.45) is -0.730. The zero-order valence-electron chi connectivity index (χ0n) is 7.73. The molecule has 78 valence electrons. The quantitative estimate of drug-likeness (QED) is 0.621. The summed E-state index contributed by atoms with van der Waals surface area (Å²) in [6, 6.07) is 9.39. The molecule has 14 heavy (non-hydrogen) atoms. The Morgan fingerprint density at radius 2 is 2.00 bits per heavy atom. The van der Waals surface area contributed by atoms with Crippen LogP contribution in [0.4, 0.5) is 4.79 Å². The van der Waals surface area contributed by atoms with Crippen molar-refractivity contribution in [3.63, 3.8) is 0 Å². The Bertz CT molecular complexity index is 266. The van der Waals surface area contributed by atoms with Crippen molar-refractivity contribution in [2.75, 3.05) is 7.05 Å². The Hall–Kier alpha value is -1.26. The normalized spacial score (nSPS) is 8.64. The number of hydroxylamine groups is 1. The summed E-state index contributed by atoms with van der Waals surface area (Å²) in [5.41, 5.74) is 3.16. The van der Waals surface area contributed by atoms with Crippen LogP contribution < -0.4 is 5.48 Å². The molecular weight excluding hydrogens is 206 g/mol. The molecule has 0 bridgehead atoms. The van der Waals surface area contributed by atoms with Gasteiger partial charge in [-0.05, 0) is 5.56 Å². The van der Waals surface area contributed by atoms with Crippen molar-refractivity contribution in [2.45, 2.75) is 6.61 Å². The molecule has 1 N–H and O–H groups in total. The molecule has 1 aromatic rings. The fraction of sp³-hybridized carbons (Fsp3) is 0.222. The van der Waals surface area contributed by atoms with Crippen LogP contribution in [0.2, 0.25) is 0 Å². The molecule has 4 nitrogen and oxygen atoms in total. The van der Waals surface area contributed by atoms with Gasteiger partial charge in [-0.3, -0.25) is 0 Å². The first-order valence-electron chi connectivity index (χ1n) is 3.87. The van der Waals surface area contributed by atoms with Crippen molar-refractivity contribution >= 4 is 18.6 Å². The summed E-state index contributed by atoms with van der Waals surface area (Å²) in [5, 5.41) is 0. The molecule has 0 saturated carbocycles. The monoisotopic (exact) mass is 217 g/mol. The van der Waals surface area contributed by atoms with Gasteiger partial charge in [0.15, 0.2) is 0 Å². The second-order valence-electron chi connectivity index (χ2n) is 2.33. The van der Waals surface area contributed by atoms with E-state index in [0.29, 0.717) is 0 Å². The summed E-state index contributed by atoms with van der Waals surface area (Å²) < 4.78 is 4.74. The van der Waals surface area contributed by atoms with E-state index >= 15 is 0 Å². The average molecular weight is 218 g/mol. The van der Waals surface area contributed by atoms with Crippen molar-refractivity contribution in [1.29, 1.82) is 0 Å². The van der Waals surface area contributed by atoms with Crippen LogP contribution in [0.1, 0.15) is 5.56 Å². The highest BCUT2D eigenvalue weighted by molar-refractivity contribution is 5.85. The van der Waals surface area contributed by atoms with Gasteiger partial charge in [-0.15, -0.1) is 12.4 Å². The molecule has 0 aliphatic carbocycles. The molecule has 0 unspecified atom stereocenters. The zero-order valence-corrected chi connectivity index (χ0v) is 8.54. The molecule has 0 spiro atoms. The fourth-order valence-corrected chi connectivity index (χ4v) is 0.829.